The van der Waals surface area contributed by atoms with Gasteiger partial charge in [-0.1, -0.05) is 6.07 Å². The molecular weight excluding hydrogens is 291 g/mol. The van der Waals surface area contributed by atoms with Gasteiger partial charge in [-0.05, 0) is 30.6 Å². The van der Waals surface area contributed by atoms with Crippen LogP contribution in [0, 0.1) is 18.3 Å². The van der Waals surface area contributed by atoms with Crippen LogP contribution >= 0.6 is 11.5 Å². The van der Waals surface area contributed by atoms with Crippen LogP contribution in [0.2, 0.25) is 0 Å². The molecule has 0 aliphatic carbocycles. The number of nitrogens with zero attached hydrogens (tertiary/aromatic N) is 2. The number of aromatic nitrogens is 1. The summed E-state index contributed by atoms with van der Waals surface area (Å²) < 4.78 is 44.2. The van der Waals surface area contributed by atoms with Crippen LogP contribution in [0.5, 0.6) is 5.75 Å². The van der Waals surface area contributed by atoms with Gasteiger partial charge >= 0.3 is 6.36 Å². The first-order valence-corrected chi connectivity index (χ1v) is 6.15. The molecule has 0 aliphatic heterocycles. The number of hydrogen-bond acceptors (Lipinski definition) is 5. The number of halogens is 3. The molecule has 1 aromatic carbocycles. The number of benzene rings is 1. The highest BCUT2D eigenvalue weighted by Crippen LogP contribution is 2.30. The molecule has 1 N–H and O–H groups in total. The van der Waals surface area contributed by atoms with Gasteiger partial charge in [-0.2, -0.15) is 9.64 Å². The van der Waals surface area contributed by atoms with Crippen LogP contribution in [0.15, 0.2) is 24.3 Å². The third-order valence-electron chi connectivity index (χ3n) is 2.30. The van der Waals surface area contributed by atoms with Crippen molar-refractivity contribution >= 4 is 22.2 Å². The maximum atomic E-state index is 12.1. The topological polar surface area (TPSA) is 57.9 Å². The van der Waals surface area contributed by atoms with E-state index < -0.39 is 6.36 Å². The van der Waals surface area contributed by atoms with E-state index in [2.05, 4.69) is 14.4 Å². The van der Waals surface area contributed by atoms with Gasteiger partial charge in [0.05, 0.1) is 5.69 Å². The Morgan fingerprint density at radius 3 is 2.80 bits per heavy atom. The average Bonchev–Trinajstić information content (AvgIpc) is 2.68. The molecule has 0 saturated carbocycles. The molecule has 2 rings (SSSR count). The van der Waals surface area contributed by atoms with Gasteiger partial charge in [0.1, 0.15) is 22.4 Å². The lowest BCUT2D eigenvalue weighted by atomic mass is 10.2. The Morgan fingerprint density at radius 1 is 1.40 bits per heavy atom. The zero-order chi connectivity index (χ0) is 14.8. The van der Waals surface area contributed by atoms with Gasteiger partial charge in [0, 0.05) is 11.8 Å². The lowest BCUT2D eigenvalue weighted by Crippen LogP contribution is -2.17. The number of hydrogen-bond donors (Lipinski definition) is 1. The van der Waals surface area contributed by atoms with E-state index in [1.807, 2.05) is 6.07 Å². The molecule has 0 bridgehead atoms. The Bertz CT molecular complexity index is 661. The molecule has 0 radical (unpaired) electrons. The number of nitrogens with one attached hydrogen (secondary N) is 1. The summed E-state index contributed by atoms with van der Waals surface area (Å²) >= 11 is 1.07. The number of nitriles is 1. The van der Waals surface area contributed by atoms with E-state index in [0.717, 1.165) is 11.5 Å². The summed E-state index contributed by atoms with van der Waals surface area (Å²) in [6.07, 6.45) is -4.74. The van der Waals surface area contributed by atoms with Gasteiger partial charge in [-0.3, -0.25) is 0 Å². The molecular formula is C12H8F3N3OS. The summed E-state index contributed by atoms with van der Waals surface area (Å²) in [5.74, 6) is -0.331. The monoisotopic (exact) mass is 299 g/mol. The SMILES string of the molecule is Cc1nsc(Nc2cccc(OC(F)(F)F)c2)c1C#N. The Morgan fingerprint density at radius 2 is 2.15 bits per heavy atom. The van der Waals surface area contributed by atoms with Crippen molar-refractivity contribution < 1.29 is 17.9 Å². The summed E-state index contributed by atoms with van der Waals surface area (Å²) in [6, 6.07) is 7.37. The molecule has 0 spiro atoms. The van der Waals surface area contributed by atoms with Crippen molar-refractivity contribution in [3.8, 4) is 11.8 Å². The number of rotatable bonds is 3. The fourth-order valence-corrected chi connectivity index (χ4v) is 2.26. The van der Waals surface area contributed by atoms with Crippen LogP contribution in [0.25, 0.3) is 0 Å². The second kappa shape index (κ2) is 5.38. The largest absolute Gasteiger partial charge is 0.573 e. The van der Waals surface area contributed by atoms with Gasteiger partial charge < -0.3 is 10.1 Å². The predicted octanol–water partition coefficient (Wildman–Crippen LogP) is 3.97. The van der Waals surface area contributed by atoms with E-state index in [1.165, 1.54) is 18.2 Å². The van der Waals surface area contributed by atoms with Crippen molar-refractivity contribution in [3.05, 3.63) is 35.5 Å². The highest BCUT2D eigenvalue weighted by Gasteiger charge is 2.31. The second-order valence-electron chi connectivity index (χ2n) is 3.78. The lowest BCUT2D eigenvalue weighted by Gasteiger charge is -2.10. The molecule has 20 heavy (non-hydrogen) atoms. The van der Waals surface area contributed by atoms with Crippen molar-refractivity contribution in [2.24, 2.45) is 0 Å². The van der Waals surface area contributed by atoms with Crippen molar-refractivity contribution in [3.63, 3.8) is 0 Å². The first kappa shape index (κ1) is 14.1. The van der Waals surface area contributed by atoms with Gasteiger partial charge in [0.2, 0.25) is 0 Å². The van der Waals surface area contributed by atoms with Crippen molar-refractivity contribution in [1.82, 2.24) is 4.37 Å². The molecule has 0 saturated heterocycles. The van der Waals surface area contributed by atoms with Crippen LogP contribution in [0.3, 0.4) is 0 Å². The van der Waals surface area contributed by atoms with Gasteiger partial charge in [0.25, 0.3) is 0 Å². The smallest absolute Gasteiger partial charge is 0.406 e. The van der Waals surface area contributed by atoms with E-state index in [9.17, 15) is 13.2 Å². The number of alkyl halides is 3. The molecule has 1 heterocycles. The zero-order valence-electron chi connectivity index (χ0n) is 10.2. The first-order valence-electron chi connectivity index (χ1n) is 5.38. The Labute approximate surface area is 116 Å². The van der Waals surface area contributed by atoms with Crippen LogP contribution in [0.4, 0.5) is 23.9 Å². The van der Waals surface area contributed by atoms with Crippen molar-refractivity contribution in [2.45, 2.75) is 13.3 Å². The maximum absolute atomic E-state index is 12.1. The summed E-state index contributed by atoms with van der Waals surface area (Å²) in [4.78, 5) is 0. The number of ether oxygens (including phenoxy) is 1. The van der Waals surface area contributed by atoms with Crippen molar-refractivity contribution in [2.75, 3.05) is 5.32 Å². The lowest BCUT2D eigenvalue weighted by molar-refractivity contribution is -0.274. The molecule has 0 fully saturated rings. The standard InChI is InChI=1S/C12H8F3N3OS/c1-7-10(6-16)11(20-18-7)17-8-3-2-4-9(5-8)19-12(13,14)15/h2-5,17H,1H3. The molecule has 104 valence electrons. The number of aryl methyl sites for hydroxylation is 1. The maximum Gasteiger partial charge on any atom is 0.573 e. The Balaban J connectivity index is 2.22. The second-order valence-corrected chi connectivity index (χ2v) is 4.56. The summed E-state index contributed by atoms with van der Waals surface area (Å²) in [5, 5.41) is 12.3. The highest BCUT2D eigenvalue weighted by molar-refractivity contribution is 7.10. The van der Waals surface area contributed by atoms with Crippen molar-refractivity contribution in [1.29, 1.82) is 5.26 Å². The highest BCUT2D eigenvalue weighted by atomic mass is 32.1. The summed E-state index contributed by atoms with van der Waals surface area (Å²) in [5.41, 5.74) is 1.33. The van der Waals surface area contributed by atoms with Gasteiger partial charge in [0.15, 0.2) is 0 Å². The third kappa shape index (κ3) is 3.39. The first-order chi connectivity index (χ1) is 9.39. The zero-order valence-corrected chi connectivity index (χ0v) is 11.0. The molecule has 0 amide bonds. The molecule has 0 atom stereocenters. The van der Waals surface area contributed by atoms with E-state index >= 15 is 0 Å². The van der Waals surface area contributed by atoms with Crippen LogP contribution in [-0.4, -0.2) is 10.7 Å². The molecule has 0 aliphatic rings. The molecule has 8 heteroatoms. The molecule has 1 aromatic heterocycles. The van der Waals surface area contributed by atoms with Crippen LogP contribution in [0.1, 0.15) is 11.3 Å². The van der Waals surface area contributed by atoms with E-state index in [1.54, 1.807) is 13.0 Å². The van der Waals surface area contributed by atoms with Crippen LogP contribution in [-0.2, 0) is 0 Å². The normalized spacial score (nSPS) is 10.9. The minimum Gasteiger partial charge on any atom is -0.406 e. The average molecular weight is 299 g/mol. The minimum absolute atomic E-state index is 0.331. The molecule has 2 aromatic rings. The predicted molar refractivity (Wildman–Crippen MR) is 68.0 cm³/mol. The molecule has 0 unspecified atom stereocenters. The fourth-order valence-electron chi connectivity index (χ4n) is 1.49. The Kier molecular flexibility index (Phi) is 3.81. The van der Waals surface area contributed by atoms with E-state index in [0.29, 0.717) is 21.9 Å². The van der Waals surface area contributed by atoms with Gasteiger partial charge in [-0.15, -0.1) is 13.2 Å². The summed E-state index contributed by atoms with van der Waals surface area (Å²) in [7, 11) is 0. The molecule has 4 nitrogen and oxygen atoms in total. The Hall–Kier alpha value is -2.27. The van der Waals surface area contributed by atoms with E-state index in [-0.39, 0.29) is 5.75 Å². The third-order valence-corrected chi connectivity index (χ3v) is 3.15. The quantitative estimate of drug-likeness (QED) is 0.931. The van der Waals surface area contributed by atoms with Crippen LogP contribution < -0.4 is 10.1 Å². The fraction of sp³-hybridized carbons (Fsp3) is 0.167. The summed E-state index contributed by atoms with van der Waals surface area (Å²) in [6.45, 7) is 1.68. The van der Waals surface area contributed by atoms with Gasteiger partial charge in [-0.25, -0.2) is 0 Å². The minimum atomic E-state index is -4.74. The number of anilines is 2. The van der Waals surface area contributed by atoms with E-state index in [4.69, 9.17) is 5.26 Å².